The number of fused-ring (bicyclic) bond motifs is 2. The van der Waals surface area contributed by atoms with Crippen molar-refractivity contribution in [3.63, 3.8) is 0 Å². The molecule has 0 aliphatic heterocycles. The number of rotatable bonds is 5. The first-order valence-corrected chi connectivity index (χ1v) is 10.7. The molecule has 4 aromatic rings. The SMILES string of the molecule is CC1=C(CC(=O)O)c2cc(F)ccc2/C1=C\c1ccc(Oc2ccc3ccccc3c2)cc1. The monoisotopic (exact) mass is 436 g/mol. The van der Waals surface area contributed by atoms with Gasteiger partial charge in [0.15, 0.2) is 0 Å². The molecule has 1 aliphatic rings. The molecule has 0 bridgehead atoms. The predicted molar refractivity (Wildman–Crippen MR) is 130 cm³/mol. The summed E-state index contributed by atoms with van der Waals surface area (Å²) in [6.45, 7) is 1.89. The number of ether oxygens (including phenoxy) is 1. The molecule has 0 heterocycles. The van der Waals surface area contributed by atoms with Gasteiger partial charge in [-0.15, -0.1) is 0 Å². The molecule has 0 fully saturated rings. The van der Waals surface area contributed by atoms with Crippen LogP contribution in [0, 0.1) is 5.82 Å². The Morgan fingerprint density at radius 1 is 0.879 bits per heavy atom. The molecular weight excluding hydrogens is 415 g/mol. The van der Waals surface area contributed by atoms with Crippen LogP contribution in [0.4, 0.5) is 4.39 Å². The van der Waals surface area contributed by atoms with Gasteiger partial charge in [0.1, 0.15) is 17.3 Å². The molecular formula is C29H21FO3. The molecule has 1 N–H and O–H groups in total. The largest absolute Gasteiger partial charge is 0.481 e. The lowest BCUT2D eigenvalue weighted by Crippen LogP contribution is -1.97. The van der Waals surface area contributed by atoms with Crippen LogP contribution in [-0.4, -0.2) is 11.1 Å². The fraction of sp³-hybridized carbons (Fsp3) is 0.0690. The second kappa shape index (κ2) is 8.40. The van der Waals surface area contributed by atoms with Crippen molar-refractivity contribution in [2.24, 2.45) is 0 Å². The van der Waals surface area contributed by atoms with Crippen LogP contribution in [0.5, 0.6) is 11.5 Å². The molecule has 4 aromatic carbocycles. The van der Waals surface area contributed by atoms with Crippen molar-refractivity contribution in [1.29, 1.82) is 0 Å². The van der Waals surface area contributed by atoms with E-state index in [0.29, 0.717) is 11.1 Å². The lowest BCUT2D eigenvalue weighted by molar-refractivity contribution is -0.135. The second-order valence-electron chi connectivity index (χ2n) is 8.10. The van der Waals surface area contributed by atoms with E-state index in [1.165, 1.54) is 12.1 Å². The Morgan fingerprint density at radius 3 is 2.36 bits per heavy atom. The minimum absolute atomic E-state index is 0.141. The summed E-state index contributed by atoms with van der Waals surface area (Å²) in [4.78, 5) is 11.4. The molecule has 0 saturated carbocycles. The topological polar surface area (TPSA) is 46.5 Å². The van der Waals surface area contributed by atoms with E-state index in [-0.39, 0.29) is 12.2 Å². The van der Waals surface area contributed by atoms with Gasteiger partial charge in [-0.1, -0.05) is 48.5 Å². The highest BCUT2D eigenvalue weighted by Gasteiger charge is 2.25. The third-order valence-electron chi connectivity index (χ3n) is 5.93. The fourth-order valence-electron chi connectivity index (χ4n) is 4.30. The van der Waals surface area contributed by atoms with Crippen molar-refractivity contribution in [1.82, 2.24) is 0 Å². The highest BCUT2D eigenvalue weighted by molar-refractivity contribution is 6.07. The first-order valence-electron chi connectivity index (χ1n) is 10.7. The number of aliphatic carboxylic acids is 1. The van der Waals surface area contributed by atoms with Crippen molar-refractivity contribution in [3.8, 4) is 11.5 Å². The summed E-state index contributed by atoms with van der Waals surface area (Å²) >= 11 is 0. The predicted octanol–water partition coefficient (Wildman–Crippen LogP) is 7.57. The van der Waals surface area contributed by atoms with E-state index >= 15 is 0 Å². The van der Waals surface area contributed by atoms with Gasteiger partial charge in [0, 0.05) is 0 Å². The molecule has 0 atom stereocenters. The molecule has 0 aromatic heterocycles. The van der Waals surface area contributed by atoms with Crippen molar-refractivity contribution in [2.45, 2.75) is 13.3 Å². The van der Waals surface area contributed by atoms with E-state index in [0.717, 1.165) is 44.5 Å². The number of hydrogen-bond acceptors (Lipinski definition) is 2. The average Bonchev–Trinajstić information content (AvgIpc) is 3.05. The van der Waals surface area contributed by atoms with E-state index in [2.05, 4.69) is 12.1 Å². The van der Waals surface area contributed by atoms with E-state index in [1.54, 1.807) is 6.07 Å². The van der Waals surface area contributed by atoms with Gasteiger partial charge < -0.3 is 9.84 Å². The summed E-state index contributed by atoms with van der Waals surface area (Å²) in [7, 11) is 0. The summed E-state index contributed by atoms with van der Waals surface area (Å²) < 4.78 is 19.9. The first kappa shape index (κ1) is 20.7. The quantitative estimate of drug-likeness (QED) is 0.351. The van der Waals surface area contributed by atoms with Crippen LogP contribution < -0.4 is 4.74 Å². The standard InChI is InChI=1S/C29H21FO3/c1-18-26(25-13-9-22(30)16-28(25)27(18)17-29(31)32)14-19-6-10-23(11-7-19)33-24-12-8-20-4-2-3-5-21(20)15-24/h2-16H,17H2,1H3,(H,31,32)/b26-14-. The molecule has 0 unspecified atom stereocenters. The number of allylic oxidation sites excluding steroid dienone is 2. The van der Waals surface area contributed by atoms with Crippen molar-refractivity contribution in [3.05, 3.63) is 113 Å². The summed E-state index contributed by atoms with van der Waals surface area (Å²) in [6.07, 6.45) is 1.86. The number of hydrogen-bond donors (Lipinski definition) is 1. The molecule has 0 amide bonds. The van der Waals surface area contributed by atoms with E-state index in [4.69, 9.17) is 4.74 Å². The van der Waals surface area contributed by atoms with Crippen molar-refractivity contribution in [2.75, 3.05) is 0 Å². The molecule has 0 radical (unpaired) electrons. The highest BCUT2D eigenvalue weighted by atomic mass is 19.1. The van der Waals surface area contributed by atoms with E-state index < -0.39 is 5.97 Å². The molecule has 4 heteroatoms. The summed E-state index contributed by atoms with van der Waals surface area (Å²) in [5.74, 6) is 0.181. The maximum Gasteiger partial charge on any atom is 0.307 e. The van der Waals surface area contributed by atoms with Gasteiger partial charge in [-0.05, 0) is 93.6 Å². The number of halogens is 1. The molecule has 33 heavy (non-hydrogen) atoms. The summed E-state index contributed by atoms with van der Waals surface area (Å²) in [5.41, 5.74) is 4.86. The molecule has 3 nitrogen and oxygen atoms in total. The Balaban J connectivity index is 1.43. The number of carboxylic acid groups (broad SMARTS) is 1. The molecule has 5 rings (SSSR count). The minimum atomic E-state index is -0.934. The number of carboxylic acids is 1. The number of benzene rings is 4. The van der Waals surface area contributed by atoms with Gasteiger partial charge in [-0.2, -0.15) is 0 Å². The smallest absolute Gasteiger partial charge is 0.307 e. The van der Waals surface area contributed by atoms with Crippen LogP contribution >= 0.6 is 0 Å². The second-order valence-corrected chi connectivity index (χ2v) is 8.10. The minimum Gasteiger partial charge on any atom is -0.481 e. The Hall–Kier alpha value is -4.18. The van der Waals surface area contributed by atoms with Crippen LogP contribution in [0.25, 0.3) is 28.0 Å². The highest BCUT2D eigenvalue weighted by Crippen LogP contribution is 2.43. The molecule has 0 saturated heterocycles. The maximum absolute atomic E-state index is 13.9. The Morgan fingerprint density at radius 2 is 1.61 bits per heavy atom. The van der Waals surface area contributed by atoms with Gasteiger partial charge >= 0.3 is 5.97 Å². The van der Waals surface area contributed by atoms with E-state index in [1.807, 2.05) is 67.6 Å². The van der Waals surface area contributed by atoms with Crippen molar-refractivity contribution >= 4 is 34.0 Å². The van der Waals surface area contributed by atoms with Crippen LogP contribution in [0.15, 0.2) is 90.5 Å². The Bertz CT molecular complexity index is 1450. The first-order chi connectivity index (χ1) is 16.0. The van der Waals surface area contributed by atoms with Gasteiger partial charge in [0.2, 0.25) is 0 Å². The van der Waals surface area contributed by atoms with Gasteiger partial charge in [0.25, 0.3) is 0 Å². The van der Waals surface area contributed by atoms with Gasteiger partial charge in [0.05, 0.1) is 6.42 Å². The average molecular weight is 436 g/mol. The van der Waals surface area contributed by atoms with Crippen LogP contribution in [-0.2, 0) is 4.79 Å². The van der Waals surface area contributed by atoms with Crippen LogP contribution in [0.1, 0.15) is 30.0 Å². The Labute approximate surface area is 191 Å². The molecule has 1 aliphatic carbocycles. The molecule has 162 valence electrons. The van der Waals surface area contributed by atoms with Crippen molar-refractivity contribution < 1.29 is 19.0 Å². The lowest BCUT2D eigenvalue weighted by Gasteiger charge is -2.08. The zero-order valence-corrected chi connectivity index (χ0v) is 18.0. The summed E-state index contributed by atoms with van der Waals surface area (Å²) in [5, 5.41) is 11.6. The van der Waals surface area contributed by atoms with Crippen LogP contribution in [0.3, 0.4) is 0 Å². The number of carbonyl (C=O) groups is 1. The maximum atomic E-state index is 13.9. The third kappa shape index (κ3) is 4.15. The zero-order valence-electron chi connectivity index (χ0n) is 18.0. The lowest BCUT2D eigenvalue weighted by atomic mass is 10.0. The normalized spacial score (nSPS) is 14.1. The van der Waals surface area contributed by atoms with E-state index in [9.17, 15) is 14.3 Å². The van der Waals surface area contributed by atoms with Crippen LogP contribution in [0.2, 0.25) is 0 Å². The molecule has 0 spiro atoms. The third-order valence-corrected chi connectivity index (χ3v) is 5.93. The Kier molecular flexibility index (Phi) is 5.27. The zero-order chi connectivity index (χ0) is 22.9. The van der Waals surface area contributed by atoms with Gasteiger partial charge in [-0.3, -0.25) is 4.79 Å². The van der Waals surface area contributed by atoms with Gasteiger partial charge in [-0.25, -0.2) is 4.39 Å². The fourth-order valence-corrected chi connectivity index (χ4v) is 4.30. The summed E-state index contributed by atoms with van der Waals surface area (Å²) in [6, 6.07) is 26.4.